The molecule has 0 spiro atoms. The predicted octanol–water partition coefficient (Wildman–Crippen LogP) is 8.88. The van der Waals surface area contributed by atoms with Crippen LogP contribution in [0.25, 0.3) is 0 Å². The van der Waals surface area contributed by atoms with E-state index >= 15 is 0 Å². The third kappa shape index (κ3) is 6.10. The molecule has 1 amide bonds. The Morgan fingerprint density at radius 3 is 1.64 bits per heavy atom. The van der Waals surface area contributed by atoms with Crippen LogP contribution in [0.5, 0.6) is 23.0 Å². The second kappa shape index (κ2) is 11.3. The average molecular weight is 629 g/mol. The zero-order valence-corrected chi connectivity index (χ0v) is 22.2. The summed E-state index contributed by atoms with van der Waals surface area (Å²) in [6.45, 7) is 1.87. The third-order valence-electron chi connectivity index (χ3n) is 6.64. The van der Waals surface area contributed by atoms with E-state index in [1.54, 1.807) is 24.3 Å². The molecule has 0 saturated carbocycles. The van der Waals surface area contributed by atoms with Crippen LogP contribution in [0.3, 0.4) is 0 Å². The van der Waals surface area contributed by atoms with E-state index in [0.717, 1.165) is 5.56 Å². The normalized spacial score (nSPS) is 12.6. The summed E-state index contributed by atoms with van der Waals surface area (Å²) >= 11 is 0. The predicted molar refractivity (Wildman–Crippen MR) is 140 cm³/mol. The average Bonchev–Trinajstić information content (AvgIpc) is 2.91. The maximum atomic E-state index is 14.5. The van der Waals surface area contributed by atoms with Crippen molar-refractivity contribution in [3.05, 3.63) is 113 Å². The van der Waals surface area contributed by atoms with Crippen molar-refractivity contribution < 1.29 is 59.3 Å². The van der Waals surface area contributed by atoms with Crippen molar-refractivity contribution in [3.8, 4) is 23.0 Å². The monoisotopic (exact) mass is 629 g/mol. The first-order chi connectivity index (χ1) is 20.3. The van der Waals surface area contributed by atoms with Crippen molar-refractivity contribution in [3.63, 3.8) is 0 Å². The number of carbonyl (C=O) groups is 1. The van der Waals surface area contributed by atoms with E-state index in [4.69, 9.17) is 4.74 Å². The second-order valence-corrected chi connectivity index (χ2v) is 9.60. The van der Waals surface area contributed by atoms with Crippen LogP contribution in [-0.4, -0.2) is 28.5 Å². The van der Waals surface area contributed by atoms with Gasteiger partial charge in [-0.15, -0.1) is 0 Å². The molecule has 0 atom stereocenters. The van der Waals surface area contributed by atoms with Crippen LogP contribution in [-0.2, 0) is 11.6 Å². The molecule has 0 aliphatic carbocycles. The molecule has 0 aromatic heterocycles. The summed E-state index contributed by atoms with van der Waals surface area (Å²) < 4.78 is 133. The third-order valence-corrected chi connectivity index (χ3v) is 6.64. The molecule has 5 nitrogen and oxygen atoms in total. The molecule has 4 rings (SSSR count). The fourth-order valence-electron chi connectivity index (χ4n) is 4.46. The molecule has 0 unspecified atom stereocenters. The molecule has 0 heterocycles. The summed E-state index contributed by atoms with van der Waals surface area (Å²) in [7, 11) is 0. The molecule has 0 aliphatic rings. The summed E-state index contributed by atoms with van der Waals surface area (Å²) in [5, 5.41) is 21.8. The minimum absolute atomic E-state index is 0.0664. The number of nitrogens with one attached hydrogen (secondary N) is 1. The van der Waals surface area contributed by atoms with Gasteiger partial charge in [-0.3, -0.25) is 4.79 Å². The van der Waals surface area contributed by atoms with Gasteiger partial charge in [-0.25, -0.2) is 0 Å². The Balaban J connectivity index is 1.74. The van der Waals surface area contributed by atoms with Crippen LogP contribution >= 0.6 is 0 Å². The number of ether oxygens (including phenoxy) is 1. The minimum atomic E-state index is -6.30. The molecular weight excluding hydrogens is 609 g/mol. The highest BCUT2D eigenvalue weighted by molar-refractivity contribution is 6.05. The Bertz CT molecular complexity index is 1650. The standard InChI is InChI=1S/C30H20F9NO4/c1-16-2-8-20(9-3-16)44-21-10-4-17(5-11-21)26(43)40-23-15-19(7-13-25(23)42)27(29(34,35)36,30(37,38)39)18-6-12-24(41)22(14-18)28(31,32)33/h2-15,41-42H,1H3,(H,40,43). The molecule has 3 N–H and O–H groups in total. The summed E-state index contributed by atoms with van der Waals surface area (Å²) in [5.74, 6) is -2.80. The summed E-state index contributed by atoms with van der Waals surface area (Å²) in [6, 6.07) is 12.7. The van der Waals surface area contributed by atoms with Gasteiger partial charge in [0.2, 0.25) is 5.41 Å². The van der Waals surface area contributed by atoms with Crippen molar-refractivity contribution in [2.45, 2.75) is 30.9 Å². The van der Waals surface area contributed by atoms with Crippen LogP contribution in [0, 0.1) is 6.92 Å². The zero-order chi connectivity index (χ0) is 32.7. The van der Waals surface area contributed by atoms with Crippen LogP contribution in [0.2, 0.25) is 0 Å². The van der Waals surface area contributed by atoms with E-state index in [2.05, 4.69) is 0 Å². The molecule has 0 fully saturated rings. The van der Waals surface area contributed by atoms with Gasteiger partial charge in [-0.2, -0.15) is 39.5 Å². The van der Waals surface area contributed by atoms with Gasteiger partial charge in [-0.1, -0.05) is 29.8 Å². The van der Waals surface area contributed by atoms with Gasteiger partial charge in [-0.05, 0) is 78.7 Å². The molecule has 0 saturated heterocycles. The number of hydrogen-bond donors (Lipinski definition) is 3. The highest BCUT2D eigenvalue weighted by atomic mass is 19.4. The number of carbonyl (C=O) groups excluding carboxylic acids is 1. The summed E-state index contributed by atoms with van der Waals surface area (Å²) in [4.78, 5) is 12.8. The van der Waals surface area contributed by atoms with E-state index in [1.165, 1.54) is 24.3 Å². The first-order valence-electron chi connectivity index (χ1n) is 12.4. The number of halogens is 9. The Morgan fingerprint density at radius 2 is 1.14 bits per heavy atom. The molecule has 4 aromatic rings. The first kappa shape index (κ1) is 32.0. The molecule has 0 aliphatic heterocycles. The van der Waals surface area contributed by atoms with E-state index in [0.29, 0.717) is 17.6 Å². The van der Waals surface area contributed by atoms with Crippen LogP contribution in [0.15, 0.2) is 84.9 Å². The van der Waals surface area contributed by atoms with Crippen LogP contribution in [0.4, 0.5) is 45.2 Å². The number of benzene rings is 4. The lowest BCUT2D eigenvalue weighted by molar-refractivity contribution is -0.288. The highest BCUT2D eigenvalue weighted by Gasteiger charge is 2.72. The Kier molecular flexibility index (Phi) is 8.24. The summed E-state index contributed by atoms with van der Waals surface area (Å²) in [5.41, 5.74) is -10.8. The number of hydrogen-bond acceptors (Lipinski definition) is 4. The maximum absolute atomic E-state index is 14.5. The van der Waals surface area contributed by atoms with Gasteiger partial charge in [0.15, 0.2) is 0 Å². The van der Waals surface area contributed by atoms with Crippen molar-refractivity contribution >= 4 is 11.6 Å². The summed E-state index contributed by atoms with van der Waals surface area (Å²) in [6.07, 6.45) is -18.1. The second-order valence-electron chi connectivity index (χ2n) is 9.60. The number of rotatable bonds is 6. The largest absolute Gasteiger partial charge is 0.507 e. The fourth-order valence-corrected chi connectivity index (χ4v) is 4.46. The van der Waals surface area contributed by atoms with Gasteiger partial charge in [0.05, 0.1) is 11.3 Å². The Morgan fingerprint density at radius 1 is 0.659 bits per heavy atom. The Hall–Kier alpha value is -4.88. The molecule has 232 valence electrons. The first-order valence-corrected chi connectivity index (χ1v) is 12.4. The van der Waals surface area contributed by atoms with Crippen LogP contribution < -0.4 is 10.1 Å². The molecule has 14 heteroatoms. The Labute approximate surface area is 243 Å². The number of amides is 1. The van der Waals surface area contributed by atoms with Gasteiger partial charge in [0.1, 0.15) is 23.0 Å². The zero-order valence-electron chi connectivity index (χ0n) is 22.2. The van der Waals surface area contributed by atoms with Gasteiger partial charge >= 0.3 is 18.5 Å². The van der Waals surface area contributed by atoms with E-state index in [9.17, 15) is 54.5 Å². The fraction of sp³-hybridized carbons (Fsp3) is 0.167. The highest BCUT2D eigenvalue weighted by Crippen LogP contribution is 2.57. The molecule has 4 aromatic carbocycles. The van der Waals surface area contributed by atoms with Crippen molar-refractivity contribution in [2.24, 2.45) is 0 Å². The maximum Gasteiger partial charge on any atom is 0.419 e. The lowest BCUT2D eigenvalue weighted by Crippen LogP contribution is -2.54. The van der Waals surface area contributed by atoms with Gasteiger partial charge in [0.25, 0.3) is 5.91 Å². The SMILES string of the molecule is Cc1ccc(Oc2ccc(C(=O)Nc3cc(C(c4ccc(O)c(C(F)(F)F)c4)(C(F)(F)F)C(F)(F)F)ccc3O)cc2)cc1. The molecule has 0 radical (unpaired) electrons. The van der Waals surface area contributed by atoms with Crippen molar-refractivity contribution in [2.75, 3.05) is 5.32 Å². The quantitative estimate of drug-likeness (QED) is 0.147. The number of alkyl halides is 9. The molecular formula is C30H20F9NO4. The number of phenolic OH excluding ortho intramolecular Hbond substituents is 2. The number of aromatic hydroxyl groups is 2. The topological polar surface area (TPSA) is 78.8 Å². The van der Waals surface area contributed by atoms with E-state index in [-0.39, 0.29) is 29.8 Å². The van der Waals surface area contributed by atoms with E-state index in [1.807, 2.05) is 12.2 Å². The smallest absolute Gasteiger partial charge is 0.419 e. The molecule has 44 heavy (non-hydrogen) atoms. The van der Waals surface area contributed by atoms with Crippen molar-refractivity contribution in [1.82, 2.24) is 0 Å². The molecule has 0 bridgehead atoms. The number of aryl methyl sites for hydroxylation is 1. The minimum Gasteiger partial charge on any atom is -0.507 e. The van der Waals surface area contributed by atoms with Gasteiger partial charge < -0.3 is 20.3 Å². The number of anilines is 1. The van der Waals surface area contributed by atoms with Gasteiger partial charge in [0, 0.05) is 5.56 Å². The van der Waals surface area contributed by atoms with Crippen LogP contribution in [0.1, 0.15) is 32.6 Å². The van der Waals surface area contributed by atoms with E-state index < -0.39 is 69.8 Å². The lowest BCUT2D eigenvalue weighted by atomic mass is 9.72. The van der Waals surface area contributed by atoms with Crippen molar-refractivity contribution in [1.29, 1.82) is 0 Å². The number of phenols is 2. The lowest BCUT2D eigenvalue weighted by Gasteiger charge is -2.38.